The minimum atomic E-state index is -1.84. The Morgan fingerprint density at radius 2 is 1.66 bits per heavy atom. The number of carboxylic acids is 1. The maximum atomic E-state index is 12.8. The molecule has 0 saturated carbocycles. The summed E-state index contributed by atoms with van der Waals surface area (Å²) >= 11 is 0. The highest BCUT2D eigenvalue weighted by molar-refractivity contribution is 5.88. The highest BCUT2D eigenvalue weighted by Crippen LogP contribution is 2.31. The molecule has 2 heterocycles. The van der Waals surface area contributed by atoms with E-state index in [1.54, 1.807) is 0 Å². The summed E-state index contributed by atoms with van der Waals surface area (Å²) in [6, 6.07) is 7.96. The van der Waals surface area contributed by atoms with Crippen molar-refractivity contribution in [1.82, 2.24) is 0 Å². The number of fused-ring (bicyclic) bond motifs is 1. The van der Waals surface area contributed by atoms with Crippen LogP contribution in [-0.4, -0.2) is 67.3 Å². The van der Waals surface area contributed by atoms with Crippen LogP contribution >= 0.6 is 0 Å². The van der Waals surface area contributed by atoms with Crippen molar-refractivity contribution in [3.8, 4) is 28.4 Å². The van der Waals surface area contributed by atoms with E-state index < -0.39 is 47.9 Å². The zero-order chi connectivity index (χ0) is 23.2. The van der Waals surface area contributed by atoms with E-state index in [1.165, 1.54) is 36.6 Å². The largest absolute Gasteiger partial charge is 0.508 e. The molecule has 1 aromatic heterocycles. The minimum absolute atomic E-state index is 0.00775. The van der Waals surface area contributed by atoms with E-state index in [0.717, 1.165) is 6.07 Å². The summed E-state index contributed by atoms with van der Waals surface area (Å²) in [5, 5.41) is 58.1. The maximum Gasteiger partial charge on any atom is 0.335 e. The first-order chi connectivity index (χ1) is 15.2. The van der Waals surface area contributed by atoms with Crippen LogP contribution < -0.4 is 10.2 Å². The molecule has 11 heteroatoms. The van der Waals surface area contributed by atoms with Gasteiger partial charge in [-0.25, -0.2) is 4.79 Å². The molecule has 1 saturated heterocycles. The Morgan fingerprint density at radius 1 is 0.969 bits per heavy atom. The molecule has 5 atom stereocenters. The molecule has 1 aliphatic heterocycles. The number of carbonyl (C=O) groups is 1. The Kier molecular flexibility index (Phi) is 5.48. The lowest BCUT2D eigenvalue weighted by molar-refractivity contribution is -0.271. The molecule has 4 rings (SSSR count). The van der Waals surface area contributed by atoms with Gasteiger partial charge in [0.1, 0.15) is 52.8 Å². The maximum absolute atomic E-state index is 12.8. The van der Waals surface area contributed by atoms with Gasteiger partial charge < -0.3 is 44.5 Å². The lowest BCUT2D eigenvalue weighted by Gasteiger charge is -2.38. The normalized spacial score (nSPS) is 25.5. The molecule has 0 bridgehead atoms. The number of aliphatic hydroxyl groups excluding tert-OH is 3. The number of hydrogen-bond acceptors (Lipinski definition) is 10. The molecule has 0 radical (unpaired) electrons. The second-order valence-electron chi connectivity index (χ2n) is 7.19. The third-order valence-corrected chi connectivity index (χ3v) is 5.07. The Bertz CT molecular complexity index is 1220. The van der Waals surface area contributed by atoms with Crippen molar-refractivity contribution < 1.29 is 49.3 Å². The average Bonchev–Trinajstić information content (AvgIpc) is 2.74. The molecule has 1 aliphatic rings. The molecular weight excluding hydrogens is 428 g/mol. The standard InChI is InChI=1S/C21H18O11/c22-9-5-12(23)14-13(6-9)30-7-11(15(14)24)8-1-3-10(4-2-8)31-21-18(27)16(25)17(26)19(32-21)20(28)29/h1-7,16-19,21-23,25-27H,(H,28,29)/t16?,17-,18?,19?,21+/m0/s1. The molecule has 6 N–H and O–H groups in total. The van der Waals surface area contributed by atoms with E-state index in [1.807, 2.05) is 0 Å². The number of ether oxygens (including phenoxy) is 2. The fourth-order valence-electron chi connectivity index (χ4n) is 3.41. The molecular formula is C21H18O11. The first-order valence-electron chi connectivity index (χ1n) is 9.34. The molecule has 11 nitrogen and oxygen atoms in total. The van der Waals surface area contributed by atoms with Crippen molar-refractivity contribution >= 4 is 16.9 Å². The van der Waals surface area contributed by atoms with Crippen molar-refractivity contribution in [2.24, 2.45) is 0 Å². The Labute approximate surface area is 178 Å². The van der Waals surface area contributed by atoms with Gasteiger partial charge in [-0.3, -0.25) is 4.79 Å². The number of benzene rings is 2. The summed E-state index contributed by atoms with van der Waals surface area (Å²) in [7, 11) is 0. The topological polar surface area (TPSA) is 187 Å². The van der Waals surface area contributed by atoms with Gasteiger partial charge in [0.05, 0.1) is 5.56 Å². The highest BCUT2D eigenvalue weighted by Gasteiger charge is 2.48. The molecule has 3 aromatic rings. The van der Waals surface area contributed by atoms with Gasteiger partial charge in [0.25, 0.3) is 0 Å². The summed E-state index contributed by atoms with van der Waals surface area (Å²) in [4.78, 5) is 24.0. The molecule has 32 heavy (non-hydrogen) atoms. The van der Waals surface area contributed by atoms with Crippen LogP contribution in [-0.2, 0) is 9.53 Å². The van der Waals surface area contributed by atoms with Gasteiger partial charge in [0, 0.05) is 12.1 Å². The Hall–Kier alpha value is -3.64. The van der Waals surface area contributed by atoms with Gasteiger partial charge in [-0.2, -0.15) is 0 Å². The van der Waals surface area contributed by atoms with Crippen LogP contribution in [0.2, 0.25) is 0 Å². The van der Waals surface area contributed by atoms with E-state index in [4.69, 9.17) is 19.0 Å². The Balaban J connectivity index is 1.59. The summed E-state index contributed by atoms with van der Waals surface area (Å²) in [5.74, 6) is -2.12. The van der Waals surface area contributed by atoms with Crippen LogP contribution in [0, 0.1) is 0 Å². The van der Waals surface area contributed by atoms with Crippen LogP contribution in [0.4, 0.5) is 0 Å². The number of aromatic hydroxyl groups is 2. The third kappa shape index (κ3) is 3.74. The van der Waals surface area contributed by atoms with E-state index in [0.29, 0.717) is 5.56 Å². The second kappa shape index (κ2) is 8.13. The molecule has 0 amide bonds. The molecule has 0 aliphatic carbocycles. The third-order valence-electron chi connectivity index (χ3n) is 5.07. The number of hydrogen-bond donors (Lipinski definition) is 6. The number of aliphatic carboxylic acids is 1. The molecule has 168 valence electrons. The lowest BCUT2D eigenvalue weighted by atomic mass is 9.99. The van der Waals surface area contributed by atoms with Crippen molar-refractivity contribution in [2.75, 3.05) is 0 Å². The van der Waals surface area contributed by atoms with Crippen LogP contribution in [0.3, 0.4) is 0 Å². The highest BCUT2D eigenvalue weighted by atomic mass is 16.7. The second-order valence-corrected chi connectivity index (χ2v) is 7.19. The van der Waals surface area contributed by atoms with E-state index in [9.17, 15) is 35.1 Å². The average molecular weight is 446 g/mol. The van der Waals surface area contributed by atoms with E-state index >= 15 is 0 Å². The van der Waals surface area contributed by atoms with E-state index in [2.05, 4.69) is 0 Å². The summed E-state index contributed by atoms with van der Waals surface area (Å²) < 4.78 is 15.8. The zero-order valence-electron chi connectivity index (χ0n) is 16.2. The number of aliphatic hydroxyl groups is 3. The van der Waals surface area contributed by atoms with Crippen molar-refractivity contribution in [3.63, 3.8) is 0 Å². The van der Waals surface area contributed by atoms with Crippen LogP contribution in [0.1, 0.15) is 0 Å². The fraction of sp³-hybridized carbons (Fsp3) is 0.238. The van der Waals surface area contributed by atoms with Gasteiger partial charge in [0.2, 0.25) is 11.7 Å². The molecule has 2 aromatic carbocycles. The van der Waals surface area contributed by atoms with Gasteiger partial charge >= 0.3 is 5.97 Å². The van der Waals surface area contributed by atoms with Crippen molar-refractivity contribution in [2.45, 2.75) is 30.7 Å². The van der Waals surface area contributed by atoms with Crippen LogP contribution in [0.15, 0.2) is 51.9 Å². The summed E-state index contributed by atoms with van der Waals surface area (Å²) in [6.45, 7) is 0. The number of rotatable bonds is 4. The predicted molar refractivity (Wildman–Crippen MR) is 106 cm³/mol. The first-order valence-corrected chi connectivity index (χ1v) is 9.34. The molecule has 3 unspecified atom stereocenters. The SMILES string of the molecule is O=C(O)C1O[C@@H](Oc2ccc(-c3coc4cc(O)cc(O)c4c3=O)cc2)C(O)C(O)[C@@H]1O. The van der Waals surface area contributed by atoms with Crippen LogP contribution in [0.25, 0.3) is 22.1 Å². The summed E-state index contributed by atoms with van der Waals surface area (Å²) in [6.07, 6.45) is -7.56. The van der Waals surface area contributed by atoms with Crippen LogP contribution in [0.5, 0.6) is 17.2 Å². The first kappa shape index (κ1) is 21.6. The van der Waals surface area contributed by atoms with Gasteiger partial charge in [-0.05, 0) is 17.7 Å². The van der Waals surface area contributed by atoms with Gasteiger partial charge in [-0.1, -0.05) is 12.1 Å². The molecule has 0 spiro atoms. The number of carboxylic acid groups (broad SMARTS) is 1. The quantitative estimate of drug-likeness (QED) is 0.320. The number of phenolic OH excluding ortho intramolecular Hbond substituents is 2. The van der Waals surface area contributed by atoms with Gasteiger partial charge in [-0.15, -0.1) is 0 Å². The smallest absolute Gasteiger partial charge is 0.335 e. The number of phenols is 2. The predicted octanol–water partition coefficient (Wildman–Crippen LogP) is 0.142. The zero-order valence-corrected chi connectivity index (χ0v) is 16.2. The van der Waals surface area contributed by atoms with Crippen molar-refractivity contribution in [3.05, 3.63) is 52.9 Å². The van der Waals surface area contributed by atoms with Gasteiger partial charge in [0.15, 0.2) is 6.10 Å². The van der Waals surface area contributed by atoms with Crippen molar-refractivity contribution in [1.29, 1.82) is 0 Å². The molecule has 1 fully saturated rings. The monoisotopic (exact) mass is 446 g/mol. The summed E-state index contributed by atoms with van der Waals surface area (Å²) in [5.41, 5.74) is -0.0221. The fourth-order valence-corrected chi connectivity index (χ4v) is 3.41. The minimum Gasteiger partial charge on any atom is -0.508 e. The Morgan fingerprint density at radius 3 is 2.31 bits per heavy atom. The lowest BCUT2D eigenvalue weighted by Crippen LogP contribution is -2.61. The van der Waals surface area contributed by atoms with E-state index in [-0.39, 0.29) is 28.0 Å².